The predicted octanol–water partition coefficient (Wildman–Crippen LogP) is 3.29. The molecule has 0 bridgehead atoms. The van der Waals surface area contributed by atoms with Crippen LogP contribution in [0.2, 0.25) is 0 Å². The highest BCUT2D eigenvalue weighted by molar-refractivity contribution is 5.48. The highest BCUT2D eigenvalue weighted by atomic mass is 16.5. The van der Waals surface area contributed by atoms with Gasteiger partial charge in [0.1, 0.15) is 5.75 Å². The number of ether oxygens (including phenoxy) is 1. The summed E-state index contributed by atoms with van der Waals surface area (Å²) in [6.45, 7) is 3.30. The van der Waals surface area contributed by atoms with E-state index < -0.39 is 0 Å². The molecule has 0 saturated heterocycles. The minimum absolute atomic E-state index is 0.691. The minimum atomic E-state index is 0.691. The summed E-state index contributed by atoms with van der Waals surface area (Å²) in [5.74, 6) is 1.69. The molecule has 2 atom stereocenters. The van der Waals surface area contributed by atoms with Gasteiger partial charge in [0.25, 0.3) is 0 Å². The van der Waals surface area contributed by atoms with Crippen LogP contribution in [0.25, 0.3) is 0 Å². The number of nitrogens with zero attached hydrogens (tertiary/aromatic N) is 1. The first-order chi connectivity index (χ1) is 9.11. The minimum Gasteiger partial charge on any atom is -0.496 e. The highest BCUT2D eigenvalue weighted by Gasteiger charge is 2.25. The van der Waals surface area contributed by atoms with Crippen LogP contribution >= 0.6 is 0 Å². The number of anilines is 1. The molecule has 106 valence electrons. The highest BCUT2D eigenvalue weighted by Crippen LogP contribution is 2.30. The standard InChI is InChI=1S/C16H26N2O/c1-12-6-4-5-7-15(12)18(2)11-13-8-9-14(17)10-16(13)19-3/h8-10,12,15H,4-7,11,17H2,1-3H3. The number of benzene rings is 1. The Morgan fingerprint density at radius 3 is 2.74 bits per heavy atom. The first kappa shape index (κ1) is 14.2. The molecule has 0 spiro atoms. The van der Waals surface area contributed by atoms with E-state index in [9.17, 15) is 0 Å². The Morgan fingerprint density at radius 1 is 1.32 bits per heavy atom. The fraction of sp³-hybridized carbons (Fsp3) is 0.625. The average molecular weight is 262 g/mol. The molecule has 19 heavy (non-hydrogen) atoms. The molecule has 1 saturated carbocycles. The van der Waals surface area contributed by atoms with Gasteiger partial charge in [-0.1, -0.05) is 25.8 Å². The van der Waals surface area contributed by atoms with Crippen molar-refractivity contribution in [1.82, 2.24) is 4.90 Å². The number of nitrogens with two attached hydrogens (primary N) is 1. The fourth-order valence-corrected chi connectivity index (χ4v) is 3.23. The Labute approximate surface area is 116 Å². The molecule has 2 N–H and O–H groups in total. The van der Waals surface area contributed by atoms with Gasteiger partial charge in [0.05, 0.1) is 7.11 Å². The third-order valence-electron chi connectivity index (χ3n) is 4.36. The first-order valence-corrected chi connectivity index (χ1v) is 7.24. The fourth-order valence-electron chi connectivity index (χ4n) is 3.23. The molecular weight excluding hydrogens is 236 g/mol. The van der Waals surface area contributed by atoms with Crippen molar-refractivity contribution in [3.8, 4) is 5.75 Å². The van der Waals surface area contributed by atoms with Crippen LogP contribution in [0.4, 0.5) is 5.69 Å². The Morgan fingerprint density at radius 2 is 2.05 bits per heavy atom. The second-order valence-electron chi connectivity index (χ2n) is 5.82. The van der Waals surface area contributed by atoms with Crippen molar-refractivity contribution in [3.05, 3.63) is 23.8 Å². The van der Waals surface area contributed by atoms with Crippen LogP contribution < -0.4 is 10.5 Å². The zero-order valence-electron chi connectivity index (χ0n) is 12.4. The lowest BCUT2D eigenvalue weighted by atomic mass is 9.85. The van der Waals surface area contributed by atoms with E-state index >= 15 is 0 Å². The van der Waals surface area contributed by atoms with Gasteiger partial charge in [-0.3, -0.25) is 4.90 Å². The summed E-state index contributed by atoms with van der Waals surface area (Å²) in [4.78, 5) is 2.47. The lowest BCUT2D eigenvalue weighted by Gasteiger charge is -2.36. The van der Waals surface area contributed by atoms with E-state index in [0.717, 1.165) is 23.9 Å². The molecule has 1 fully saturated rings. The molecule has 3 heteroatoms. The third-order valence-corrected chi connectivity index (χ3v) is 4.36. The first-order valence-electron chi connectivity index (χ1n) is 7.24. The second-order valence-corrected chi connectivity index (χ2v) is 5.82. The quantitative estimate of drug-likeness (QED) is 0.846. The van der Waals surface area contributed by atoms with Gasteiger partial charge < -0.3 is 10.5 Å². The van der Waals surface area contributed by atoms with Crippen molar-refractivity contribution >= 4 is 5.69 Å². The lowest BCUT2D eigenvalue weighted by molar-refractivity contribution is 0.132. The number of hydrogen-bond donors (Lipinski definition) is 1. The van der Waals surface area contributed by atoms with Crippen LogP contribution in [0.1, 0.15) is 38.2 Å². The summed E-state index contributed by atoms with van der Waals surface area (Å²) in [6, 6.07) is 6.64. The molecule has 2 rings (SSSR count). The maximum atomic E-state index is 5.81. The molecule has 0 radical (unpaired) electrons. The molecule has 0 aliphatic heterocycles. The Hall–Kier alpha value is -1.22. The van der Waals surface area contributed by atoms with Crippen molar-refractivity contribution in [3.63, 3.8) is 0 Å². The van der Waals surface area contributed by atoms with Crippen LogP contribution in [-0.2, 0) is 6.54 Å². The van der Waals surface area contributed by atoms with E-state index in [1.807, 2.05) is 12.1 Å². The van der Waals surface area contributed by atoms with Crippen LogP contribution in [0.15, 0.2) is 18.2 Å². The van der Waals surface area contributed by atoms with Crippen LogP contribution in [0.3, 0.4) is 0 Å². The number of nitrogen functional groups attached to an aromatic ring is 1. The van der Waals surface area contributed by atoms with Gasteiger partial charge in [-0.15, -0.1) is 0 Å². The molecule has 0 amide bonds. The summed E-state index contributed by atoms with van der Waals surface area (Å²) >= 11 is 0. The largest absolute Gasteiger partial charge is 0.496 e. The normalized spacial score (nSPS) is 23.6. The van der Waals surface area contributed by atoms with Crippen molar-refractivity contribution in [2.24, 2.45) is 5.92 Å². The molecular formula is C16H26N2O. The summed E-state index contributed by atoms with van der Waals surface area (Å²) < 4.78 is 5.43. The summed E-state index contributed by atoms with van der Waals surface area (Å²) in [7, 11) is 3.93. The predicted molar refractivity (Wildman–Crippen MR) is 80.3 cm³/mol. The van der Waals surface area contributed by atoms with Crippen molar-refractivity contribution < 1.29 is 4.74 Å². The van der Waals surface area contributed by atoms with Gasteiger partial charge >= 0.3 is 0 Å². The maximum absolute atomic E-state index is 5.81. The summed E-state index contributed by atoms with van der Waals surface area (Å²) in [6.07, 6.45) is 5.41. The smallest absolute Gasteiger partial charge is 0.125 e. The van der Waals surface area contributed by atoms with Crippen LogP contribution in [0.5, 0.6) is 5.75 Å². The Kier molecular flexibility index (Phi) is 4.70. The maximum Gasteiger partial charge on any atom is 0.125 e. The van der Waals surface area contributed by atoms with Gasteiger partial charge in [-0.05, 0) is 31.9 Å². The molecule has 1 aliphatic rings. The zero-order chi connectivity index (χ0) is 13.8. The van der Waals surface area contributed by atoms with Gasteiger partial charge in [0, 0.05) is 29.9 Å². The van der Waals surface area contributed by atoms with Crippen molar-refractivity contribution in [1.29, 1.82) is 0 Å². The summed E-state index contributed by atoms with van der Waals surface area (Å²) in [5.41, 5.74) is 7.78. The molecule has 2 unspecified atom stereocenters. The average Bonchev–Trinajstić information content (AvgIpc) is 2.41. The third kappa shape index (κ3) is 3.41. The summed E-state index contributed by atoms with van der Waals surface area (Å²) in [5, 5.41) is 0. The monoisotopic (exact) mass is 262 g/mol. The lowest BCUT2D eigenvalue weighted by Crippen LogP contribution is -2.38. The van der Waals surface area contributed by atoms with E-state index in [4.69, 9.17) is 10.5 Å². The van der Waals surface area contributed by atoms with Gasteiger partial charge in [0.15, 0.2) is 0 Å². The van der Waals surface area contributed by atoms with E-state index in [2.05, 4.69) is 24.9 Å². The number of hydrogen-bond acceptors (Lipinski definition) is 3. The molecule has 1 aliphatic carbocycles. The molecule has 3 nitrogen and oxygen atoms in total. The Balaban J connectivity index is 2.07. The van der Waals surface area contributed by atoms with E-state index in [0.29, 0.717) is 6.04 Å². The molecule has 1 aromatic rings. The van der Waals surface area contributed by atoms with Crippen LogP contribution in [-0.4, -0.2) is 25.1 Å². The molecule has 1 aromatic carbocycles. The van der Waals surface area contributed by atoms with E-state index in [1.54, 1.807) is 7.11 Å². The van der Waals surface area contributed by atoms with Gasteiger partial charge in [-0.25, -0.2) is 0 Å². The Bertz CT molecular complexity index is 419. The van der Waals surface area contributed by atoms with E-state index in [1.165, 1.54) is 31.2 Å². The van der Waals surface area contributed by atoms with E-state index in [-0.39, 0.29) is 0 Å². The van der Waals surface area contributed by atoms with Gasteiger partial charge in [0.2, 0.25) is 0 Å². The van der Waals surface area contributed by atoms with Crippen LogP contribution in [0, 0.1) is 5.92 Å². The van der Waals surface area contributed by atoms with Crippen molar-refractivity contribution in [2.75, 3.05) is 19.9 Å². The molecule has 0 heterocycles. The zero-order valence-corrected chi connectivity index (χ0v) is 12.4. The number of rotatable bonds is 4. The SMILES string of the molecule is COc1cc(N)ccc1CN(C)C1CCCCC1C. The molecule has 0 aromatic heterocycles. The van der Waals surface area contributed by atoms with Gasteiger partial charge in [-0.2, -0.15) is 0 Å². The topological polar surface area (TPSA) is 38.5 Å². The van der Waals surface area contributed by atoms with Crippen molar-refractivity contribution in [2.45, 2.75) is 45.2 Å². The number of methoxy groups -OCH3 is 1. The second kappa shape index (κ2) is 6.29.